The van der Waals surface area contributed by atoms with Crippen LogP contribution in [0.25, 0.3) is 0 Å². The molecule has 2 unspecified atom stereocenters. The normalized spacial score (nSPS) is 21.0. The van der Waals surface area contributed by atoms with Gasteiger partial charge in [-0.25, -0.2) is 0 Å². The molecule has 1 N–H and O–H groups in total. The minimum absolute atomic E-state index is 0.172. The lowest BCUT2D eigenvalue weighted by atomic mass is 9.75. The third kappa shape index (κ3) is 13.0. The summed E-state index contributed by atoms with van der Waals surface area (Å²) < 4.78 is 10.4. The third-order valence-corrected chi connectivity index (χ3v) is 6.42. The van der Waals surface area contributed by atoms with Crippen LogP contribution in [0, 0.1) is 11.8 Å². The molecule has 5 nitrogen and oxygen atoms in total. The van der Waals surface area contributed by atoms with Crippen LogP contribution in [0.1, 0.15) is 104 Å². The van der Waals surface area contributed by atoms with Crippen molar-refractivity contribution in [3.05, 3.63) is 24.3 Å². The van der Waals surface area contributed by atoms with E-state index in [1.165, 1.54) is 52.6 Å². The first-order valence-corrected chi connectivity index (χ1v) is 12.7. The number of carbonyl (C=O) groups is 2. The molecule has 184 valence electrons. The van der Waals surface area contributed by atoms with Crippen molar-refractivity contribution in [3.63, 3.8) is 0 Å². The van der Waals surface area contributed by atoms with Crippen LogP contribution in [0.2, 0.25) is 0 Å². The SMILES string of the molecule is CCCCCCCCC(O)C=CC=C[C@@H]1CCCC[C@H]1C(CCCC(=O)OC)OC(C)=O. The first-order chi connectivity index (χ1) is 15.5. The predicted octanol–water partition coefficient (Wildman–Crippen LogP) is 6.29. The summed E-state index contributed by atoms with van der Waals surface area (Å²) >= 11 is 0. The molecule has 5 heteroatoms. The summed E-state index contributed by atoms with van der Waals surface area (Å²) in [5.41, 5.74) is 0. The summed E-state index contributed by atoms with van der Waals surface area (Å²) in [7, 11) is 1.39. The molecular formula is C27H46O5. The monoisotopic (exact) mass is 450 g/mol. The smallest absolute Gasteiger partial charge is 0.305 e. The van der Waals surface area contributed by atoms with Gasteiger partial charge in [-0.3, -0.25) is 9.59 Å². The molecule has 0 aromatic rings. The van der Waals surface area contributed by atoms with Gasteiger partial charge >= 0.3 is 11.9 Å². The van der Waals surface area contributed by atoms with E-state index in [1.54, 1.807) is 0 Å². The number of esters is 2. The maximum absolute atomic E-state index is 11.7. The molecule has 4 atom stereocenters. The first kappa shape index (κ1) is 28.4. The summed E-state index contributed by atoms with van der Waals surface area (Å²) in [6, 6.07) is 0. The van der Waals surface area contributed by atoms with Crippen LogP contribution in [0.4, 0.5) is 0 Å². The van der Waals surface area contributed by atoms with Gasteiger partial charge in [-0.05, 0) is 38.0 Å². The second-order valence-electron chi connectivity index (χ2n) is 9.12. The molecule has 0 bridgehead atoms. The average Bonchev–Trinajstić information content (AvgIpc) is 2.78. The zero-order valence-electron chi connectivity index (χ0n) is 20.6. The van der Waals surface area contributed by atoms with Gasteiger partial charge in [0.05, 0.1) is 13.2 Å². The zero-order valence-corrected chi connectivity index (χ0v) is 20.6. The summed E-state index contributed by atoms with van der Waals surface area (Å²) in [5.74, 6) is 0.116. The lowest BCUT2D eigenvalue weighted by Gasteiger charge is -2.35. The van der Waals surface area contributed by atoms with Gasteiger partial charge in [0.25, 0.3) is 0 Å². The van der Waals surface area contributed by atoms with Gasteiger partial charge < -0.3 is 14.6 Å². The Bertz CT molecular complexity index is 568. The van der Waals surface area contributed by atoms with Gasteiger partial charge in [-0.1, -0.05) is 82.6 Å². The molecule has 1 saturated carbocycles. The number of unbranched alkanes of at least 4 members (excludes halogenated alkanes) is 5. The molecule has 0 aromatic carbocycles. The summed E-state index contributed by atoms with van der Waals surface area (Å²) in [4.78, 5) is 23.1. The van der Waals surface area contributed by atoms with Gasteiger partial charge in [-0.15, -0.1) is 0 Å². The Kier molecular flexibility index (Phi) is 15.9. The quantitative estimate of drug-likeness (QED) is 0.170. The Balaban J connectivity index is 2.53. The molecule has 0 saturated heterocycles. The Labute approximate surface area is 195 Å². The Morgan fingerprint density at radius 1 is 1.00 bits per heavy atom. The third-order valence-electron chi connectivity index (χ3n) is 6.42. The van der Waals surface area contributed by atoms with Crippen LogP contribution in [0.15, 0.2) is 24.3 Å². The minimum atomic E-state index is -0.389. The summed E-state index contributed by atoms with van der Waals surface area (Å²) in [5, 5.41) is 10.2. The molecule has 0 aliphatic heterocycles. The van der Waals surface area contributed by atoms with Crippen molar-refractivity contribution in [1.29, 1.82) is 0 Å². The second kappa shape index (κ2) is 17.9. The zero-order chi connectivity index (χ0) is 23.6. The molecule has 1 rings (SSSR count). The number of hydrogen-bond donors (Lipinski definition) is 1. The van der Waals surface area contributed by atoms with Crippen molar-refractivity contribution in [2.24, 2.45) is 11.8 Å². The van der Waals surface area contributed by atoms with E-state index < -0.39 is 0 Å². The van der Waals surface area contributed by atoms with Crippen LogP contribution in [-0.4, -0.2) is 36.4 Å². The van der Waals surface area contributed by atoms with Crippen LogP contribution in [0.5, 0.6) is 0 Å². The summed E-state index contributed by atoms with van der Waals surface area (Å²) in [6.07, 6.45) is 21.8. The Hall–Kier alpha value is -1.62. The molecule has 1 aliphatic carbocycles. The van der Waals surface area contributed by atoms with Crippen molar-refractivity contribution in [2.75, 3.05) is 7.11 Å². The van der Waals surface area contributed by atoms with Crippen LogP contribution < -0.4 is 0 Å². The largest absolute Gasteiger partial charge is 0.469 e. The highest BCUT2D eigenvalue weighted by atomic mass is 16.5. The fraction of sp³-hybridized carbons (Fsp3) is 0.778. The highest BCUT2D eigenvalue weighted by molar-refractivity contribution is 5.69. The molecule has 0 spiro atoms. The topological polar surface area (TPSA) is 72.8 Å². The fourth-order valence-corrected chi connectivity index (χ4v) is 4.64. The first-order valence-electron chi connectivity index (χ1n) is 12.7. The van der Waals surface area contributed by atoms with Crippen molar-refractivity contribution >= 4 is 11.9 Å². The number of aliphatic hydroxyl groups is 1. The van der Waals surface area contributed by atoms with Gasteiger partial charge in [0.1, 0.15) is 6.10 Å². The standard InChI is InChI=1S/C27H46O5/c1-4-5-6-7-8-9-17-24(29)18-12-10-15-23-16-11-13-19-25(23)26(32-22(2)28)20-14-21-27(30)31-3/h10,12,15,18,23-26,29H,4-9,11,13-14,16-17,19-21H2,1-3H3/t23-,24?,25-,26?/m1/s1. The van der Waals surface area contributed by atoms with Crippen LogP contribution in [-0.2, 0) is 19.1 Å². The number of methoxy groups -OCH3 is 1. The number of rotatable bonds is 16. The van der Waals surface area contributed by atoms with E-state index in [4.69, 9.17) is 9.47 Å². The second-order valence-corrected chi connectivity index (χ2v) is 9.12. The number of ether oxygens (including phenoxy) is 2. The van der Waals surface area contributed by atoms with Crippen molar-refractivity contribution in [1.82, 2.24) is 0 Å². The highest BCUT2D eigenvalue weighted by Crippen LogP contribution is 2.36. The number of allylic oxidation sites excluding steroid dienone is 3. The lowest BCUT2D eigenvalue weighted by Crippen LogP contribution is -2.33. The van der Waals surface area contributed by atoms with E-state index in [1.807, 2.05) is 18.2 Å². The molecule has 0 heterocycles. The molecular weight excluding hydrogens is 404 g/mol. The van der Waals surface area contributed by atoms with Crippen molar-refractivity contribution < 1.29 is 24.2 Å². The van der Waals surface area contributed by atoms with Crippen molar-refractivity contribution in [3.8, 4) is 0 Å². The highest BCUT2D eigenvalue weighted by Gasteiger charge is 2.32. The Morgan fingerprint density at radius 3 is 2.44 bits per heavy atom. The van der Waals surface area contributed by atoms with Gasteiger partial charge in [0.2, 0.25) is 0 Å². The number of carbonyl (C=O) groups excluding carboxylic acids is 2. The van der Waals surface area contributed by atoms with Gasteiger partial charge in [0.15, 0.2) is 0 Å². The molecule has 0 amide bonds. The number of hydrogen-bond acceptors (Lipinski definition) is 5. The van der Waals surface area contributed by atoms with Crippen LogP contribution in [0.3, 0.4) is 0 Å². The van der Waals surface area contributed by atoms with E-state index in [9.17, 15) is 14.7 Å². The molecule has 0 aromatic heterocycles. The molecule has 1 aliphatic rings. The lowest BCUT2D eigenvalue weighted by molar-refractivity contribution is -0.151. The average molecular weight is 451 g/mol. The van der Waals surface area contributed by atoms with E-state index in [0.717, 1.165) is 32.1 Å². The van der Waals surface area contributed by atoms with Gasteiger partial charge in [-0.2, -0.15) is 0 Å². The van der Waals surface area contributed by atoms with E-state index in [2.05, 4.69) is 13.0 Å². The molecule has 1 fully saturated rings. The van der Waals surface area contributed by atoms with E-state index in [0.29, 0.717) is 25.2 Å². The minimum Gasteiger partial charge on any atom is -0.469 e. The molecule has 0 radical (unpaired) electrons. The Morgan fingerprint density at radius 2 is 1.72 bits per heavy atom. The maximum Gasteiger partial charge on any atom is 0.305 e. The fourth-order valence-electron chi connectivity index (χ4n) is 4.64. The predicted molar refractivity (Wildman–Crippen MR) is 129 cm³/mol. The maximum atomic E-state index is 11.7. The molecule has 32 heavy (non-hydrogen) atoms. The van der Waals surface area contributed by atoms with Crippen molar-refractivity contribution in [2.45, 2.75) is 116 Å². The van der Waals surface area contributed by atoms with E-state index in [-0.39, 0.29) is 30.1 Å². The number of aliphatic hydroxyl groups excluding tert-OH is 1. The van der Waals surface area contributed by atoms with E-state index >= 15 is 0 Å². The summed E-state index contributed by atoms with van der Waals surface area (Å²) in [6.45, 7) is 3.67. The van der Waals surface area contributed by atoms with Gasteiger partial charge in [0, 0.05) is 19.3 Å². The van der Waals surface area contributed by atoms with Crippen LogP contribution >= 0.6 is 0 Å².